The van der Waals surface area contributed by atoms with E-state index in [9.17, 15) is 14.9 Å². The second-order valence-electron chi connectivity index (χ2n) is 6.29. The molecule has 0 saturated heterocycles. The van der Waals surface area contributed by atoms with Crippen molar-refractivity contribution in [2.24, 2.45) is 5.92 Å². The molecule has 27 heavy (non-hydrogen) atoms. The number of para-hydroxylation sites is 2. The van der Waals surface area contributed by atoms with Crippen molar-refractivity contribution in [1.29, 1.82) is 5.26 Å². The Balaban J connectivity index is 1.92. The number of carbonyl (C=O) groups excluding carboxylic acids is 2. The highest BCUT2D eigenvalue weighted by Crippen LogP contribution is 2.24. The summed E-state index contributed by atoms with van der Waals surface area (Å²) in [7, 11) is 0. The number of ether oxygens (including phenoxy) is 1. The van der Waals surface area contributed by atoms with Crippen molar-refractivity contribution in [2.75, 3.05) is 11.9 Å². The van der Waals surface area contributed by atoms with E-state index in [2.05, 4.69) is 5.32 Å². The third kappa shape index (κ3) is 5.96. The summed E-state index contributed by atoms with van der Waals surface area (Å²) >= 11 is 0. The highest BCUT2D eigenvalue weighted by Gasteiger charge is 2.26. The van der Waals surface area contributed by atoms with Crippen molar-refractivity contribution in [1.82, 2.24) is 0 Å². The maximum atomic E-state index is 12.4. The van der Waals surface area contributed by atoms with Gasteiger partial charge >= 0.3 is 0 Å². The van der Waals surface area contributed by atoms with Gasteiger partial charge in [0.25, 0.3) is 0 Å². The number of nitrogens with one attached hydrogen (secondary N) is 1. The lowest BCUT2D eigenvalue weighted by molar-refractivity contribution is -0.128. The molecule has 0 saturated carbocycles. The summed E-state index contributed by atoms with van der Waals surface area (Å²) < 4.78 is 5.45. The second kappa shape index (κ2) is 10.1. The number of amides is 1. The predicted molar refractivity (Wildman–Crippen MR) is 104 cm³/mol. The van der Waals surface area contributed by atoms with Crippen molar-refractivity contribution in [2.45, 2.75) is 33.1 Å². The van der Waals surface area contributed by atoms with Gasteiger partial charge in [-0.2, -0.15) is 5.26 Å². The average molecular weight is 364 g/mol. The molecule has 5 nitrogen and oxygen atoms in total. The van der Waals surface area contributed by atoms with Gasteiger partial charge in [0.15, 0.2) is 11.7 Å². The Morgan fingerprint density at radius 3 is 2.52 bits per heavy atom. The summed E-state index contributed by atoms with van der Waals surface area (Å²) in [4.78, 5) is 24.7. The first kappa shape index (κ1) is 20.2. The highest BCUT2D eigenvalue weighted by molar-refractivity contribution is 6.09. The van der Waals surface area contributed by atoms with Crippen molar-refractivity contribution in [3.8, 4) is 11.8 Å². The first-order chi connectivity index (χ1) is 13.0. The zero-order valence-electron chi connectivity index (χ0n) is 15.7. The summed E-state index contributed by atoms with van der Waals surface area (Å²) in [6, 6.07) is 16.9. The molecule has 0 heterocycles. The third-order valence-corrected chi connectivity index (χ3v) is 4.17. The third-order valence-electron chi connectivity index (χ3n) is 4.17. The lowest BCUT2D eigenvalue weighted by atomic mass is 9.98. The number of rotatable bonds is 9. The molecular formula is C22H24N2O3. The smallest absolute Gasteiger partial charge is 0.249 e. The van der Waals surface area contributed by atoms with Crippen LogP contribution in [0, 0.1) is 24.2 Å². The topological polar surface area (TPSA) is 79.2 Å². The van der Waals surface area contributed by atoms with Gasteiger partial charge in [0.05, 0.1) is 18.4 Å². The predicted octanol–water partition coefficient (Wildman–Crippen LogP) is 4.06. The van der Waals surface area contributed by atoms with E-state index in [4.69, 9.17) is 4.74 Å². The van der Waals surface area contributed by atoms with E-state index in [-0.39, 0.29) is 12.2 Å². The SMILES string of the molecule is CCOc1ccccc1NC(=O)C(C#N)C(=O)CCCc1ccc(C)cc1. The standard InChI is InChI=1S/C22H24N2O3/c1-3-27-21-10-5-4-8-19(21)24-22(26)18(15-23)20(25)9-6-7-17-13-11-16(2)12-14-17/h4-5,8,10-14,18H,3,6-7,9H2,1-2H3,(H,24,26). The fourth-order valence-electron chi connectivity index (χ4n) is 2.70. The van der Waals surface area contributed by atoms with E-state index in [1.807, 2.05) is 44.2 Å². The number of anilines is 1. The van der Waals surface area contributed by atoms with Crippen LogP contribution in [0.1, 0.15) is 30.9 Å². The van der Waals surface area contributed by atoms with E-state index in [1.165, 1.54) is 5.56 Å². The van der Waals surface area contributed by atoms with Crippen LogP contribution >= 0.6 is 0 Å². The van der Waals surface area contributed by atoms with Crippen LogP contribution in [0.5, 0.6) is 5.75 Å². The zero-order valence-corrected chi connectivity index (χ0v) is 15.7. The Morgan fingerprint density at radius 2 is 1.85 bits per heavy atom. The van der Waals surface area contributed by atoms with Crippen molar-refractivity contribution < 1.29 is 14.3 Å². The summed E-state index contributed by atoms with van der Waals surface area (Å²) in [6.07, 6.45) is 1.52. The molecule has 2 aromatic rings. The average Bonchev–Trinajstić information content (AvgIpc) is 2.66. The number of Topliss-reactive ketones (excluding diaryl/α,β-unsaturated/α-hetero) is 1. The molecule has 0 aromatic heterocycles. The molecular weight excluding hydrogens is 340 g/mol. The number of ketones is 1. The largest absolute Gasteiger partial charge is 0.492 e. The van der Waals surface area contributed by atoms with Crippen LogP contribution in [0.15, 0.2) is 48.5 Å². The Labute approximate surface area is 160 Å². The summed E-state index contributed by atoms with van der Waals surface area (Å²) in [5.74, 6) is -1.80. The van der Waals surface area contributed by atoms with Gasteiger partial charge in [-0.15, -0.1) is 0 Å². The molecule has 140 valence electrons. The van der Waals surface area contributed by atoms with Gasteiger partial charge in [-0.1, -0.05) is 42.0 Å². The molecule has 0 radical (unpaired) electrons. The van der Waals surface area contributed by atoms with Gasteiger partial charge < -0.3 is 10.1 Å². The molecule has 2 rings (SSSR count). The molecule has 1 unspecified atom stereocenters. The van der Waals surface area contributed by atoms with E-state index in [0.717, 1.165) is 12.0 Å². The van der Waals surface area contributed by atoms with Crippen LogP contribution < -0.4 is 10.1 Å². The van der Waals surface area contributed by atoms with Crippen LogP contribution in [0.3, 0.4) is 0 Å². The Morgan fingerprint density at radius 1 is 1.15 bits per heavy atom. The fourth-order valence-corrected chi connectivity index (χ4v) is 2.70. The minimum Gasteiger partial charge on any atom is -0.492 e. The number of aryl methyl sites for hydroxylation is 2. The maximum absolute atomic E-state index is 12.4. The van der Waals surface area contributed by atoms with Gasteiger partial charge in [0.2, 0.25) is 5.91 Å². The number of benzene rings is 2. The summed E-state index contributed by atoms with van der Waals surface area (Å²) in [5.41, 5.74) is 2.78. The molecule has 0 aliphatic carbocycles. The summed E-state index contributed by atoms with van der Waals surface area (Å²) in [5, 5.41) is 11.9. The van der Waals surface area contributed by atoms with Gasteiger partial charge in [-0.3, -0.25) is 9.59 Å². The van der Waals surface area contributed by atoms with E-state index >= 15 is 0 Å². The fraction of sp³-hybridized carbons (Fsp3) is 0.318. The Kier molecular flexibility index (Phi) is 7.57. The van der Waals surface area contributed by atoms with Crippen LogP contribution in [0.4, 0.5) is 5.69 Å². The van der Waals surface area contributed by atoms with Crippen LogP contribution in [-0.2, 0) is 16.0 Å². The van der Waals surface area contributed by atoms with Gasteiger partial charge in [-0.05, 0) is 44.4 Å². The second-order valence-corrected chi connectivity index (χ2v) is 6.29. The number of hydrogen-bond donors (Lipinski definition) is 1. The monoisotopic (exact) mass is 364 g/mol. The Hall–Kier alpha value is -3.13. The molecule has 1 amide bonds. The van der Waals surface area contributed by atoms with E-state index < -0.39 is 11.8 Å². The molecule has 2 aromatic carbocycles. The summed E-state index contributed by atoms with van der Waals surface area (Å²) in [6.45, 7) is 4.31. The lowest BCUT2D eigenvalue weighted by Gasteiger charge is -2.13. The molecule has 0 spiro atoms. The zero-order chi connectivity index (χ0) is 19.6. The molecule has 5 heteroatoms. The minimum atomic E-state index is -1.32. The van der Waals surface area contributed by atoms with Crippen LogP contribution in [0.2, 0.25) is 0 Å². The van der Waals surface area contributed by atoms with Gasteiger partial charge in [0.1, 0.15) is 5.75 Å². The number of hydrogen-bond acceptors (Lipinski definition) is 4. The van der Waals surface area contributed by atoms with Crippen LogP contribution in [0.25, 0.3) is 0 Å². The Bertz CT molecular complexity index is 822. The molecule has 1 N–H and O–H groups in total. The highest BCUT2D eigenvalue weighted by atomic mass is 16.5. The normalized spacial score (nSPS) is 11.3. The molecule has 0 aliphatic heterocycles. The molecule has 1 atom stereocenters. The van der Waals surface area contributed by atoms with Gasteiger partial charge in [-0.25, -0.2) is 0 Å². The number of nitrogens with zero attached hydrogens (tertiary/aromatic N) is 1. The van der Waals surface area contributed by atoms with E-state index in [1.54, 1.807) is 24.3 Å². The van der Waals surface area contributed by atoms with Crippen molar-refractivity contribution >= 4 is 17.4 Å². The van der Waals surface area contributed by atoms with Crippen LogP contribution in [-0.4, -0.2) is 18.3 Å². The van der Waals surface area contributed by atoms with Gasteiger partial charge in [0, 0.05) is 6.42 Å². The molecule has 0 bridgehead atoms. The lowest BCUT2D eigenvalue weighted by Crippen LogP contribution is -2.28. The first-order valence-electron chi connectivity index (χ1n) is 9.05. The quantitative estimate of drug-likeness (QED) is 0.681. The number of carbonyl (C=O) groups is 2. The first-order valence-corrected chi connectivity index (χ1v) is 9.05. The van der Waals surface area contributed by atoms with Crippen molar-refractivity contribution in [3.63, 3.8) is 0 Å². The maximum Gasteiger partial charge on any atom is 0.249 e. The minimum absolute atomic E-state index is 0.187. The number of nitriles is 1. The molecule has 0 fully saturated rings. The molecule has 0 aliphatic rings. The van der Waals surface area contributed by atoms with Crippen molar-refractivity contribution in [3.05, 3.63) is 59.7 Å². The van der Waals surface area contributed by atoms with E-state index in [0.29, 0.717) is 24.5 Å².